The van der Waals surface area contributed by atoms with Crippen LogP contribution < -0.4 is 5.32 Å². The Morgan fingerprint density at radius 3 is 2.13 bits per heavy atom. The molecule has 3 aromatic carbocycles. The van der Waals surface area contributed by atoms with Crippen molar-refractivity contribution < 1.29 is 9.59 Å². The third-order valence-corrected chi connectivity index (χ3v) is 7.16. The van der Waals surface area contributed by atoms with E-state index in [1.165, 1.54) is 5.56 Å². The Bertz CT molecular complexity index is 1180. The molecule has 0 saturated heterocycles. The average molecular weight is 513 g/mol. The van der Waals surface area contributed by atoms with E-state index in [1.807, 2.05) is 62.4 Å². The van der Waals surface area contributed by atoms with Crippen molar-refractivity contribution in [1.29, 1.82) is 0 Å². The summed E-state index contributed by atoms with van der Waals surface area (Å²) < 4.78 is 0. The molecule has 0 radical (unpaired) electrons. The minimum absolute atomic E-state index is 0.00774. The summed E-state index contributed by atoms with van der Waals surface area (Å²) in [6, 6.07) is 26.2. The first-order valence-electron chi connectivity index (χ1n) is 13.9. The number of hydrogen-bond acceptors (Lipinski definition) is 2. The molecule has 38 heavy (non-hydrogen) atoms. The second-order valence-electron chi connectivity index (χ2n) is 11.5. The predicted octanol–water partition coefficient (Wildman–Crippen LogP) is 6.78. The molecule has 0 heterocycles. The molecule has 0 bridgehead atoms. The van der Waals surface area contributed by atoms with Crippen molar-refractivity contribution in [3.8, 4) is 0 Å². The quantitative estimate of drug-likeness (QED) is 0.308. The number of benzene rings is 3. The fraction of sp³-hybridized carbons (Fsp3) is 0.412. The molecule has 3 rings (SSSR count). The normalized spacial score (nSPS) is 13.0. The van der Waals surface area contributed by atoms with E-state index >= 15 is 0 Å². The Morgan fingerprint density at radius 1 is 0.868 bits per heavy atom. The zero-order chi connectivity index (χ0) is 27.7. The van der Waals surface area contributed by atoms with Crippen LogP contribution in [0.3, 0.4) is 0 Å². The number of nitrogens with one attached hydrogen (secondary N) is 1. The Kier molecular flexibility index (Phi) is 10.3. The lowest BCUT2D eigenvalue weighted by Crippen LogP contribution is -2.52. The van der Waals surface area contributed by atoms with Gasteiger partial charge in [0, 0.05) is 25.4 Å². The van der Waals surface area contributed by atoms with Gasteiger partial charge in [0.05, 0.1) is 0 Å². The van der Waals surface area contributed by atoms with Crippen LogP contribution in [0.15, 0.2) is 78.9 Å². The van der Waals surface area contributed by atoms with Crippen LogP contribution in [0, 0.1) is 6.92 Å². The minimum Gasteiger partial charge on any atom is -0.352 e. The summed E-state index contributed by atoms with van der Waals surface area (Å²) >= 11 is 0. The maximum Gasteiger partial charge on any atom is 0.243 e. The first kappa shape index (κ1) is 29.2. The summed E-state index contributed by atoms with van der Waals surface area (Å²) in [4.78, 5) is 29.3. The lowest BCUT2D eigenvalue weighted by atomic mass is 9.86. The van der Waals surface area contributed by atoms with Gasteiger partial charge in [-0.25, -0.2) is 0 Å². The summed E-state index contributed by atoms with van der Waals surface area (Å²) in [7, 11) is 0. The van der Waals surface area contributed by atoms with Gasteiger partial charge in [-0.3, -0.25) is 9.59 Å². The van der Waals surface area contributed by atoms with E-state index in [-0.39, 0.29) is 23.3 Å². The average Bonchev–Trinajstić information content (AvgIpc) is 2.89. The van der Waals surface area contributed by atoms with Gasteiger partial charge in [0.1, 0.15) is 6.04 Å². The van der Waals surface area contributed by atoms with Gasteiger partial charge in [-0.2, -0.15) is 0 Å². The highest BCUT2D eigenvalue weighted by Crippen LogP contribution is 2.23. The smallest absolute Gasteiger partial charge is 0.243 e. The second-order valence-corrected chi connectivity index (χ2v) is 11.5. The van der Waals surface area contributed by atoms with Crippen LogP contribution in [-0.2, 0) is 34.4 Å². The molecule has 0 unspecified atom stereocenters. The third kappa shape index (κ3) is 8.58. The van der Waals surface area contributed by atoms with Gasteiger partial charge in [0.15, 0.2) is 0 Å². The maximum atomic E-state index is 13.9. The van der Waals surface area contributed by atoms with Crippen LogP contribution in [0.25, 0.3) is 0 Å². The summed E-state index contributed by atoms with van der Waals surface area (Å²) in [6.45, 7) is 13.1. The topological polar surface area (TPSA) is 49.4 Å². The van der Waals surface area contributed by atoms with Crippen molar-refractivity contribution >= 4 is 11.8 Å². The maximum absolute atomic E-state index is 13.9. The van der Waals surface area contributed by atoms with E-state index in [9.17, 15) is 9.59 Å². The molecule has 202 valence electrons. The molecule has 2 atom stereocenters. The molecule has 0 fully saturated rings. The molecule has 1 N–H and O–H groups in total. The molecule has 0 aliphatic heterocycles. The Balaban J connectivity index is 1.89. The zero-order valence-corrected chi connectivity index (χ0v) is 24.0. The Morgan fingerprint density at radius 2 is 1.53 bits per heavy atom. The molecule has 4 heteroatoms. The van der Waals surface area contributed by atoms with E-state index in [0.29, 0.717) is 25.8 Å². The lowest BCUT2D eigenvalue weighted by molar-refractivity contribution is -0.141. The summed E-state index contributed by atoms with van der Waals surface area (Å²) in [5.41, 5.74) is 5.70. The van der Waals surface area contributed by atoms with Gasteiger partial charge in [0.2, 0.25) is 11.8 Å². The van der Waals surface area contributed by atoms with Gasteiger partial charge in [-0.1, -0.05) is 112 Å². The fourth-order valence-electron chi connectivity index (χ4n) is 4.57. The zero-order valence-electron chi connectivity index (χ0n) is 24.0. The highest BCUT2D eigenvalue weighted by atomic mass is 16.2. The number of carbonyl (C=O) groups excluding carboxylic acids is 2. The molecular weight excluding hydrogens is 468 g/mol. The van der Waals surface area contributed by atoms with E-state index in [4.69, 9.17) is 0 Å². The van der Waals surface area contributed by atoms with Gasteiger partial charge in [-0.15, -0.1) is 0 Å². The summed E-state index contributed by atoms with van der Waals surface area (Å²) in [5.74, 6) is -0.106. The number of carbonyl (C=O) groups is 2. The second kappa shape index (κ2) is 13.4. The van der Waals surface area contributed by atoms with Crippen LogP contribution >= 0.6 is 0 Å². The van der Waals surface area contributed by atoms with Gasteiger partial charge < -0.3 is 10.2 Å². The van der Waals surface area contributed by atoms with Crippen LogP contribution in [0.5, 0.6) is 0 Å². The predicted molar refractivity (Wildman–Crippen MR) is 157 cm³/mol. The van der Waals surface area contributed by atoms with Crippen molar-refractivity contribution in [2.75, 3.05) is 0 Å². The molecule has 2 amide bonds. The number of amides is 2. The number of nitrogens with zero attached hydrogens (tertiary/aromatic N) is 1. The van der Waals surface area contributed by atoms with Crippen molar-refractivity contribution in [3.63, 3.8) is 0 Å². The molecule has 0 saturated carbocycles. The van der Waals surface area contributed by atoms with E-state index in [1.54, 1.807) is 4.90 Å². The van der Waals surface area contributed by atoms with Crippen molar-refractivity contribution in [2.24, 2.45) is 0 Å². The molecule has 0 aliphatic rings. The number of aryl methyl sites for hydroxylation is 2. The highest BCUT2D eigenvalue weighted by Gasteiger charge is 2.30. The van der Waals surface area contributed by atoms with E-state index in [2.05, 4.69) is 63.3 Å². The molecular formula is C34H44N2O2. The largest absolute Gasteiger partial charge is 0.352 e. The van der Waals surface area contributed by atoms with Crippen LogP contribution in [0.2, 0.25) is 0 Å². The van der Waals surface area contributed by atoms with E-state index in [0.717, 1.165) is 28.7 Å². The Hall–Kier alpha value is -3.40. The molecule has 0 spiro atoms. The summed E-state index contributed by atoms with van der Waals surface area (Å²) in [6.07, 6.45) is 2.29. The van der Waals surface area contributed by atoms with Crippen molar-refractivity contribution in [1.82, 2.24) is 10.2 Å². The molecule has 3 aromatic rings. The SMILES string of the molecule is CC[C@H](C)NC(=O)[C@@H](Cc1ccccc1)N(Cc1cccc(C)c1)C(=O)CCc1ccc(C(C)(C)C)cc1. The minimum atomic E-state index is -0.595. The first-order valence-corrected chi connectivity index (χ1v) is 13.9. The number of rotatable bonds is 11. The fourth-order valence-corrected chi connectivity index (χ4v) is 4.57. The standard InChI is InChI=1S/C34H44N2O2/c1-7-26(3)35-33(38)31(23-28-13-9-8-10-14-28)36(24-29-15-11-12-25(2)22-29)32(37)21-18-27-16-19-30(20-17-27)34(4,5)6/h8-17,19-20,22,26,31H,7,18,21,23-24H2,1-6H3,(H,35,38)/t26-,31+/m0/s1. The van der Waals surface area contributed by atoms with E-state index < -0.39 is 6.04 Å². The monoisotopic (exact) mass is 512 g/mol. The van der Waals surface area contributed by atoms with Crippen LogP contribution in [-0.4, -0.2) is 28.8 Å². The molecule has 0 aliphatic carbocycles. The molecule has 0 aromatic heterocycles. The third-order valence-electron chi connectivity index (χ3n) is 7.16. The van der Waals surface area contributed by atoms with Gasteiger partial charge in [-0.05, 0) is 54.4 Å². The molecule has 4 nitrogen and oxygen atoms in total. The van der Waals surface area contributed by atoms with Gasteiger partial charge in [0.25, 0.3) is 0 Å². The van der Waals surface area contributed by atoms with Crippen molar-refractivity contribution in [3.05, 3.63) is 107 Å². The van der Waals surface area contributed by atoms with Gasteiger partial charge >= 0.3 is 0 Å². The Labute approximate surface area is 229 Å². The van der Waals surface area contributed by atoms with Crippen LogP contribution in [0.4, 0.5) is 0 Å². The van der Waals surface area contributed by atoms with Crippen LogP contribution in [0.1, 0.15) is 75.3 Å². The van der Waals surface area contributed by atoms with Crippen molar-refractivity contribution in [2.45, 2.75) is 91.3 Å². The first-order chi connectivity index (χ1) is 18.1. The highest BCUT2D eigenvalue weighted by molar-refractivity contribution is 5.88. The number of hydrogen-bond donors (Lipinski definition) is 1. The summed E-state index contributed by atoms with van der Waals surface area (Å²) in [5, 5.41) is 3.14. The lowest BCUT2D eigenvalue weighted by Gasteiger charge is -2.32.